The van der Waals surface area contributed by atoms with Crippen molar-refractivity contribution in [3.63, 3.8) is 0 Å². The van der Waals surface area contributed by atoms with Gasteiger partial charge in [0.15, 0.2) is 0 Å². The molecule has 1 atom stereocenters. The molecule has 0 aromatic rings. The molecular weight excluding hydrogens is 168 g/mol. The monoisotopic (exact) mass is 184 g/mol. The molecule has 13 heavy (non-hydrogen) atoms. The molecule has 0 heterocycles. The van der Waals surface area contributed by atoms with Gasteiger partial charge in [-0.1, -0.05) is 6.08 Å². The maximum Gasteiger partial charge on any atom is 0.237 e. The number of amides is 1. The average molecular weight is 184 g/mol. The van der Waals surface area contributed by atoms with Gasteiger partial charge >= 0.3 is 0 Å². The van der Waals surface area contributed by atoms with Gasteiger partial charge < -0.3 is 15.8 Å². The second-order valence-electron chi connectivity index (χ2n) is 2.88. The molecule has 0 aliphatic rings. The third-order valence-corrected chi connectivity index (χ3v) is 1.56. The van der Waals surface area contributed by atoms with Crippen LogP contribution in [0, 0.1) is 0 Å². The second kappa shape index (κ2) is 6.37. The van der Waals surface area contributed by atoms with E-state index >= 15 is 0 Å². The van der Waals surface area contributed by atoms with Crippen molar-refractivity contribution in [2.24, 2.45) is 5.73 Å². The van der Waals surface area contributed by atoms with E-state index in [0.717, 1.165) is 0 Å². The van der Waals surface area contributed by atoms with Gasteiger partial charge in [0.2, 0.25) is 5.91 Å². The first-order valence-corrected chi connectivity index (χ1v) is 4.21. The molecule has 1 unspecified atom stereocenters. The highest BCUT2D eigenvalue weighted by Crippen LogP contribution is 1.95. The fraction of sp³-hybridized carbons (Fsp3) is 0.556. The molecule has 0 aliphatic heterocycles. The number of carbonyl (C=O) groups is 2. The van der Waals surface area contributed by atoms with Gasteiger partial charge in [-0.2, -0.15) is 0 Å². The Hall–Kier alpha value is -1.16. The molecular formula is C9H16N2O2. The fourth-order valence-electron chi connectivity index (χ4n) is 0.794. The smallest absolute Gasteiger partial charge is 0.237 e. The van der Waals surface area contributed by atoms with Crippen molar-refractivity contribution in [3.8, 4) is 0 Å². The second-order valence-corrected chi connectivity index (χ2v) is 2.88. The molecule has 0 spiro atoms. The summed E-state index contributed by atoms with van der Waals surface area (Å²) in [6.07, 6.45) is 2.33. The first kappa shape index (κ1) is 11.8. The summed E-state index contributed by atoms with van der Waals surface area (Å²) in [6, 6.07) is -0.594. The van der Waals surface area contributed by atoms with Gasteiger partial charge in [0.25, 0.3) is 0 Å². The van der Waals surface area contributed by atoms with Crippen LogP contribution < -0.4 is 11.1 Å². The van der Waals surface area contributed by atoms with Gasteiger partial charge in [-0.25, -0.2) is 0 Å². The first-order chi connectivity index (χ1) is 6.07. The number of nitrogens with two attached hydrogens (primary N) is 1. The number of carbonyl (C=O) groups excluding carboxylic acids is 2. The standard InChI is InChI=1S/C9H16N2O2/c1-3-6-11-9(13)8(10)5-4-7(2)12/h3,8H,1,4-6,10H2,2H3,(H,11,13). The van der Waals surface area contributed by atoms with Crippen LogP contribution in [0.1, 0.15) is 19.8 Å². The Morgan fingerprint density at radius 3 is 2.69 bits per heavy atom. The molecule has 4 nitrogen and oxygen atoms in total. The van der Waals surface area contributed by atoms with E-state index < -0.39 is 6.04 Å². The van der Waals surface area contributed by atoms with E-state index in [1.54, 1.807) is 6.08 Å². The Balaban J connectivity index is 3.68. The lowest BCUT2D eigenvalue weighted by Gasteiger charge is -2.09. The lowest BCUT2D eigenvalue weighted by atomic mass is 10.1. The topological polar surface area (TPSA) is 72.2 Å². The molecule has 0 saturated heterocycles. The Morgan fingerprint density at radius 1 is 1.62 bits per heavy atom. The van der Waals surface area contributed by atoms with Gasteiger partial charge in [0, 0.05) is 13.0 Å². The molecule has 0 saturated carbocycles. The summed E-state index contributed by atoms with van der Waals surface area (Å²) in [5.41, 5.74) is 5.51. The minimum atomic E-state index is -0.594. The Kier molecular flexibility index (Phi) is 5.80. The lowest BCUT2D eigenvalue weighted by Crippen LogP contribution is -2.40. The van der Waals surface area contributed by atoms with E-state index in [1.165, 1.54) is 6.92 Å². The highest BCUT2D eigenvalue weighted by atomic mass is 16.2. The highest BCUT2D eigenvalue weighted by molar-refractivity contribution is 5.82. The van der Waals surface area contributed by atoms with Crippen molar-refractivity contribution < 1.29 is 9.59 Å². The lowest BCUT2D eigenvalue weighted by molar-refractivity contribution is -0.122. The molecule has 0 aromatic heterocycles. The van der Waals surface area contributed by atoms with Crippen molar-refractivity contribution in [2.75, 3.05) is 6.54 Å². The molecule has 3 N–H and O–H groups in total. The number of Topliss-reactive ketones (excluding diaryl/α,β-unsaturated/α-hetero) is 1. The largest absolute Gasteiger partial charge is 0.351 e. The van der Waals surface area contributed by atoms with Crippen molar-refractivity contribution in [1.82, 2.24) is 5.32 Å². The van der Waals surface area contributed by atoms with Gasteiger partial charge in [0.05, 0.1) is 6.04 Å². The van der Waals surface area contributed by atoms with Crippen LogP contribution in [0.5, 0.6) is 0 Å². The van der Waals surface area contributed by atoms with E-state index in [9.17, 15) is 9.59 Å². The van der Waals surface area contributed by atoms with Crippen molar-refractivity contribution in [3.05, 3.63) is 12.7 Å². The third-order valence-electron chi connectivity index (χ3n) is 1.56. The molecule has 0 fully saturated rings. The number of rotatable bonds is 6. The van der Waals surface area contributed by atoms with Crippen molar-refractivity contribution in [2.45, 2.75) is 25.8 Å². The fourth-order valence-corrected chi connectivity index (χ4v) is 0.794. The Bertz CT molecular complexity index is 202. The van der Waals surface area contributed by atoms with E-state index in [2.05, 4.69) is 11.9 Å². The Morgan fingerprint density at radius 2 is 2.23 bits per heavy atom. The van der Waals surface area contributed by atoms with E-state index in [0.29, 0.717) is 19.4 Å². The van der Waals surface area contributed by atoms with Crippen LogP contribution in [-0.4, -0.2) is 24.3 Å². The molecule has 0 bridgehead atoms. The van der Waals surface area contributed by atoms with E-state index in [-0.39, 0.29) is 11.7 Å². The summed E-state index contributed by atoms with van der Waals surface area (Å²) in [5.74, 6) is -0.187. The average Bonchev–Trinajstić information content (AvgIpc) is 2.10. The summed E-state index contributed by atoms with van der Waals surface area (Å²) in [4.78, 5) is 21.7. The third kappa shape index (κ3) is 6.04. The summed E-state index contributed by atoms with van der Waals surface area (Å²) >= 11 is 0. The summed E-state index contributed by atoms with van der Waals surface area (Å²) in [6.45, 7) is 5.35. The maximum atomic E-state index is 11.1. The summed E-state index contributed by atoms with van der Waals surface area (Å²) in [7, 11) is 0. The molecule has 4 heteroatoms. The molecule has 0 aromatic carbocycles. The molecule has 0 rings (SSSR count). The van der Waals surface area contributed by atoms with Gasteiger partial charge in [-0.3, -0.25) is 4.79 Å². The van der Waals surface area contributed by atoms with Crippen LogP contribution >= 0.6 is 0 Å². The zero-order valence-corrected chi connectivity index (χ0v) is 7.88. The first-order valence-electron chi connectivity index (χ1n) is 4.21. The predicted molar refractivity (Wildman–Crippen MR) is 51.1 cm³/mol. The van der Waals surface area contributed by atoms with Gasteiger partial charge in [-0.05, 0) is 13.3 Å². The normalized spacial score (nSPS) is 11.8. The number of nitrogens with one attached hydrogen (secondary N) is 1. The predicted octanol–water partition coefficient (Wildman–Crippen LogP) is -0.0149. The minimum Gasteiger partial charge on any atom is -0.351 e. The van der Waals surface area contributed by atoms with E-state index in [1.807, 2.05) is 0 Å². The minimum absolute atomic E-state index is 0.0481. The van der Waals surface area contributed by atoms with E-state index in [4.69, 9.17) is 5.73 Å². The van der Waals surface area contributed by atoms with Crippen LogP contribution in [0.25, 0.3) is 0 Å². The van der Waals surface area contributed by atoms with Gasteiger partial charge in [-0.15, -0.1) is 6.58 Å². The summed E-state index contributed by atoms with van der Waals surface area (Å²) in [5, 5.41) is 2.56. The zero-order chi connectivity index (χ0) is 10.3. The maximum absolute atomic E-state index is 11.1. The van der Waals surface area contributed by atoms with Crippen molar-refractivity contribution in [1.29, 1.82) is 0 Å². The van der Waals surface area contributed by atoms with Crippen LogP contribution in [0.15, 0.2) is 12.7 Å². The van der Waals surface area contributed by atoms with Crippen LogP contribution in [0.4, 0.5) is 0 Å². The molecule has 1 amide bonds. The van der Waals surface area contributed by atoms with Gasteiger partial charge in [0.1, 0.15) is 5.78 Å². The van der Waals surface area contributed by atoms with Crippen LogP contribution in [0.2, 0.25) is 0 Å². The number of ketones is 1. The quantitative estimate of drug-likeness (QED) is 0.570. The van der Waals surface area contributed by atoms with Crippen LogP contribution in [-0.2, 0) is 9.59 Å². The summed E-state index contributed by atoms with van der Waals surface area (Å²) < 4.78 is 0. The molecule has 0 aliphatic carbocycles. The number of hydrogen-bond donors (Lipinski definition) is 2. The van der Waals surface area contributed by atoms with Crippen LogP contribution in [0.3, 0.4) is 0 Å². The van der Waals surface area contributed by atoms with Crippen molar-refractivity contribution >= 4 is 11.7 Å². The molecule has 0 radical (unpaired) electrons. The zero-order valence-electron chi connectivity index (χ0n) is 7.88. The number of hydrogen-bond acceptors (Lipinski definition) is 3. The molecule has 74 valence electrons. The SMILES string of the molecule is C=CCNC(=O)C(N)CCC(C)=O. The Labute approximate surface area is 78.2 Å². The highest BCUT2D eigenvalue weighted by Gasteiger charge is 2.12.